The van der Waals surface area contributed by atoms with E-state index in [1.54, 1.807) is 0 Å². The molecule has 1 aliphatic rings. The zero-order valence-corrected chi connectivity index (χ0v) is 9.57. The van der Waals surface area contributed by atoms with Gasteiger partial charge in [-0.15, -0.1) is 0 Å². The quantitative estimate of drug-likeness (QED) is 0.683. The Bertz CT molecular complexity index is 319. The van der Waals surface area contributed by atoms with Gasteiger partial charge in [-0.2, -0.15) is 0 Å². The highest BCUT2D eigenvalue weighted by atomic mass is 32.2. The largest absolute Gasteiger partial charge is 0.480 e. The summed E-state index contributed by atoms with van der Waals surface area (Å²) in [5.41, 5.74) is 0. The molecule has 0 spiro atoms. The lowest BCUT2D eigenvalue weighted by Gasteiger charge is -2.22. The molecule has 1 amide bonds. The highest BCUT2D eigenvalue weighted by Gasteiger charge is 2.38. The van der Waals surface area contributed by atoms with Gasteiger partial charge in [-0.05, 0) is 0 Å². The maximum Gasteiger partial charge on any atom is 0.328 e. The van der Waals surface area contributed by atoms with Gasteiger partial charge in [0.25, 0.3) is 0 Å². The number of nitrogens with zero attached hydrogens (tertiary/aromatic N) is 1. The van der Waals surface area contributed by atoms with E-state index in [9.17, 15) is 14.4 Å². The highest BCUT2D eigenvalue weighted by molar-refractivity contribution is 8.14. The predicted octanol–water partition coefficient (Wildman–Crippen LogP) is -0.688. The fourth-order valence-electron chi connectivity index (χ4n) is 1.62. The molecular weight excluding hydrogens is 234 g/mol. The van der Waals surface area contributed by atoms with Crippen molar-refractivity contribution < 1.29 is 24.6 Å². The fraction of sp³-hybridized carbons (Fsp3) is 0.667. The van der Waals surface area contributed by atoms with Gasteiger partial charge in [0.05, 0.1) is 6.61 Å². The van der Waals surface area contributed by atoms with Crippen molar-refractivity contribution in [3.05, 3.63) is 0 Å². The van der Waals surface area contributed by atoms with E-state index >= 15 is 0 Å². The van der Waals surface area contributed by atoms with Crippen LogP contribution in [-0.2, 0) is 14.4 Å². The van der Waals surface area contributed by atoms with E-state index in [0.717, 1.165) is 16.7 Å². The maximum absolute atomic E-state index is 11.5. The smallest absolute Gasteiger partial charge is 0.328 e. The molecule has 2 atom stereocenters. The molecular formula is C9H13NO5S. The Morgan fingerprint density at radius 3 is 2.69 bits per heavy atom. The number of aliphatic hydroxyl groups excluding tert-OH is 1. The van der Waals surface area contributed by atoms with Gasteiger partial charge in [0.15, 0.2) is 11.2 Å². The Morgan fingerprint density at radius 1 is 1.62 bits per heavy atom. The molecule has 0 aromatic heterocycles. The number of carboxylic acids is 1. The van der Waals surface area contributed by atoms with E-state index in [1.165, 1.54) is 6.92 Å². The molecule has 7 heteroatoms. The first-order chi connectivity index (χ1) is 7.45. The van der Waals surface area contributed by atoms with Crippen LogP contribution in [0.2, 0.25) is 0 Å². The molecule has 90 valence electrons. The van der Waals surface area contributed by atoms with Gasteiger partial charge in [0.2, 0.25) is 5.91 Å². The first-order valence-corrected chi connectivity index (χ1v) is 5.64. The van der Waals surface area contributed by atoms with E-state index in [1.807, 2.05) is 0 Å². The van der Waals surface area contributed by atoms with Gasteiger partial charge in [-0.1, -0.05) is 11.8 Å². The van der Waals surface area contributed by atoms with Crippen molar-refractivity contribution in [2.45, 2.75) is 24.6 Å². The van der Waals surface area contributed by atoms with Crippen LogP contribution in [0.1, 0.15) is 13.3 Å². The molecule has 2 N–H and O–H groups in total. The van der Waals surface area contributed by atoms with Gasteiger partial charge >= 0.3 is 5.97 Å². The maximum atomic E-state index is 11.5. The lowest BCUT2D eigenvalue weighted by molar-refractivity contribution is -0.149. The zero-order chi connectivity index (χ0) is 12.3. The summed E-state index contributed by atoms with van der Waals surface area (Å²) >= 11 is 1.03. The summed E-state index contributed by atoms with van der Waals surface area (Å²) in [5.74, 6) is -1.57. The van der Waals surface area contributed by atoms with E-state index in [-0.39, 0.29) is 29.2 Å². The Labute approximate surface area is 96.6 Å². The molecule has 0 aromatic carbocycles. The third-order valence-electron chi connectivity index (χ3n) is 2.29. The third kappa shape index (κ3) is 2.96. The number of carbonyl (C=O) groups excluding carboxylic acids is 2. The SMILES string of the molecule is CC(=O)SC1CC(=O)N(C(CO)C(=O)O)C1. The van der Waals surface area contributed by atoms with Crippen molar-refractivity contribution in [3.63, 3.8) is 0 Å². The molecule has 1 aliphatic heterocycles. The van der Waals surface area contributed by atoms with Crippen molar-refractivity contribution >= 4 is 28.8 Å². The first kappa shape index (κ1) is 13.0. The van der Waals surface area contributed by atoms with Crippen molar-refractivity contribution in [1.82, 2.24) is 4.90 Å². The Morgan fingerprint density at radius 2 is 2.25 bits per heavy atom. The topological polar surface area (TPSA) is 94.9 Å². The Hall–Kier alpha value is -1.08. The van der Waals surface area contributed by atoms with Crippen molar-refractivity contribution in [2.75, 3.05) is 13.2 Å². The first-order valence-electron chi connectivity index (χ1n) is 4.76. The van der Waals surface area contributed by atoms with Gasteiger partial charge in [-0.25, -0.2) is 4.79 Å². The third-order valence-corrected chi connectivity index (χ3v) is 3.27. The van der Waals surface area contributed by atoms with Crippen LogP contribution in [0.4, 0.5) is 0 Å². The molecule has 1 fully saturated rings. The van der Waals surface area contributed by atoms with Gasteiger partial charge in [0, 0.05) is 25.1 Å². The van der Waals surface area contributed by atoms with Crippen LogP contribution in [0.25, 0.3) is 0 Å². The summed E-state index contributed by atoms with van der Waals surface area (Å²) in [4.78, 5) is 34.2. The highest BCUT2D eigenvalue weighted by Crippen LogP contribution is 2.25. The lowest BCUT2D eigenvalue weighted by atomic mass is 10.3. The number of carboxylic acid groups (broad SMARTS) is 1. The number of hydrogen-bond donors (Lipinski definition) is 2. The van der Waals surface area contributed by atoms with Crippen LogP contribution >= 0.6 is 11.8 Å². The number of amides is 1. The van der Waals surface area contributed by atoms with Gasteiger partial charge in [0.1, 0.15) is 0 Å². The molecule has 0 bridgehead atoms. The predicted molar refractivity (Wildman–Crippen MR) is 56.9 cm³/mol. The zero-order valence-electron chi connectivity index (χ0n) is 8.75. The Balaban J connectivity index is 2.66. The number of rotatable bonds is 4. The lowest BCUT2D eigenvalue weighted by Crippen LogP contribution is -2.44. The van der Waals surface area contributed by atoms with Gasteiger partial charge in [-0.3, -0.25) is 9.59 Å². The molecule has 1 heterocycles. The number of hydrogen-bond acceptors (Lipinski definition) is 5. The summed E-state index contributed by atoms with van der Waals surface area (Å²) < 4.78 is 0. The van der Waals surface area contributed by atoms with Crippen LogP contribution in [0.5, 0.6) is 0 Å². The Kier molecular flexibility index (Phi) is 4.31. The van der Waals surface area contributed by atoms with Crippen molar-refractivity contribution in [1.29, 1.82) is 0 Å². The normalized spacial score (nSPS) is 22.2. The van der Waals surface area contributed by atoms with Crippen LogP contribution in [0.3, 0.4) is 0 Å². The second-order valence-electron chi connectivity index (χ2n) is 3.52. The van der Waals surface area contributed by atoms with E-state index in [0.29, 0.717) is 0 Å². The van der Waals surface area contributed by atoms with Crippen molar-refractivity contribution in [3.8, 4) is 0 Å². The van der Waals surface area contributed by atoms with Gasteiger partial charge < -0.3 is 15.1 Å². The number of aliphatic hydroxyl groups is 1. The molecule has 16 heavy (non-hydrogen) atoms. The van der Waals surface area contributed by atoms with Crippen LogP contribution < -0.4 is 0 Å². The minimum absolute atomic E-state index is 0.101. The number of likely N-dealkylation sites (tertiary alicyclic amines) is 1. The fourth-order valence-corrected chi connectivity index (χ4v) is 2.55. The number of thioether (sulfide) groups is 1. The summed E-state index contributed by atoms with van der Waals surface area (Å²) in [7, 11) is 0. The molecule has 0 aromatic rings. The van der Waals surface area contributed by atoms with E-state index < -0.39 is 18.6 Å². The summed E-state index contributed by atoms with van der Waals surface area (Å²) in [5, 5.41) is 17.4. The standard InChI is InChI=1S/C9H13NO5S/c1-5(12)16-6-2-8(13)10(3-6)7(4-11)9(14)15/h6-7,11H,2-4H2,1H3,(H,14,15). The molecule has 0 saturated carbocycles. The van der Waals surface area contributed by atoms with Crippen LogP contribution in [0.15, 0.2) is 0 Å². The van der Waals surface area contributed by atoms with Crippen LogP contribution in [-0.4, -0.2) is 56.5 Å². The molecule has 0 aliphatic carbocycles. The average Bonchev–Trinajstić information content (AvgIpc) is 2.46. The molecule has 1 rings (SSSR count). The van der Waals surface area contributed by atoms with E-state index in [4.69, 9.17) is 10.2 Å². The average molecular weight is 247 g/mol. The van der Waals surface area contributed by atoms with Crippen LogP contribution in [0, 0.1) is 0 Å². The second kappa shape index (κ2) is 5.31. The van der Waals surface area contributed by atoms with Crippen molar-refractivity contribution in [2.24, 2.45) is 0 Å². The second-order valence-corrected chi connectivity index (χ2v) is 5.00. The number of carbonyl (C=O) groups is 3. The molecule has 0 radical (unpaired) electrons. The van der Waals surface area contributed by atoms with E-state index in [2.05, 4.69) is 0 Å². The minimum Gasteiger partial charge on any atom is -0.480 e. The number of aliphatic carboxylic acids is 1. The minimum atomic E-state index is -1.23. The summed E-state index contributed by atoms with van der Waals surface area (Å²) in [6, 6.07) is -1.20. The molecule has 1 saturated heterocycles. The summed E-state index contributed by atoms with van der Waals surface area (Å²) in [6.07, 6.45) is 0.147. The monoisotopic (exact) mass is 247 g/mol. The molecule has 2 unspecified atom stereocenters. The summed E-state index contributed by atoms with van der Waals surface area (Å²) in [6.45, 7) is 0.984. The molecule has 6 nitrogen and oxygen atoms in total.